The Labute approximate surface area is 186 Å². The zero-order valence-electron chi connectivity index (χ0n) is 17.6. The number of carboxylic acid groups (broad SMARTS) is 1. The van der Waals surface area contributed by atoms with Crippen molar-refractivity contribution in [3.8, 4) is 11.3 Å². The number of carboxylic acids is 1. The van der Waals surface area contributed by atoms with E-state index in [4.69, 9.17) is 10.8 Å². The zero-order valence-corrected chi connectivity index (χ0v) is 18.4. The van der Waals surface area contributed by atoms with E-state index in [-0.39, 0.29) is 18.2 Å². The summed E-state index contributed by atoms with van der Waals surface area (Å²) in [5.41, 5.74) is 11.9. The number of carbonyl (C=O) groups is 2. The van der Waals surface area contributed by atoms with Gasteiger partial charge in [0, 0.05) is 29.0 Å². The highest BCUT2D eigenvalue weighted by atomic mass is 32.1. The summed E-state index contributed by atoms with van der Waals surface area (Å²) in [5, 5.41) is 14.0. The Bertz CT molecular complexity index is 1000. The molecule has 3 aromatic rings. The fraction of sp³-hybridized carbons (Fsp3) is 0.292. The van der Waals surface area contributed by atoms with Crippen molar-refractivity contribution >= 4 is 23.2 Å². The highest BCUT2D eigenvalue weighted by molar-refractivity contribution is 7.07. The molecule has 162 valence electrons. The number of hydrogen-bond acceptors (Lipinski definition) is 5. The number of nitrogens with one attached hydrogen (secondary N) is 1. The van der Waals surface area contributed by atoms with E-state index in [1.807, 2.05) is 10.9 Å². The third-order valence-corrected chi connectivity index (χ3v) is 5.93. The van der Waals surface area contributed by atoms with Gasteiger partial charge >= 0.3 is 5.97 Å². The van der Waals surface area contributed by atoms with Gasteiger partial charge in [0.05, 0.1) is 11.2 Å². The summed E-state index contributed by atoms with van der Waals surface area (Å²) >= 11 is 1.57. The van der Waals surface area contributed by atoms with Crippen molar-refractivity contribution < 1.29 is 14.7 Å². The fourth-order valence-corrected chi connectivity index (χ4v) is 3.99. The number of amides is 1. The summed E-state index contributed by atoms with van der Waals surface area (Å²) in [7, 11) is 0. The number of nitrogens with two attached hydrogens (primary N) is 1. The summed E-state index contributed by atoms with van der Waals surface area (Å²) < 4.78 is 0. The van der Waals surface area contributed by atoms with Gasteiger partial charge < -0.3 is 16.2 Å². The first-order valence-electron chi connectivity index (χ1n) is 10.2. The molecule has 31 heavy (non-hydrogen) atoms. The van der Waals surface area contributed by atoms with Crippen LogP contribution in [0.25, 0.3) is 11.3 Å². The summed E-state index contributed by atoms with van der Waals surface area (Å²) in [6.45, 7) is 4.81. The third kappa shape index (κ3) is 5.99. The molecule has 1 heterocycles. The first kappa shape index (κ1) is 22.7. The van der Waals surface area contributed by atoms with Crippen LogP contribution in [-0.4, -0.2) is 34.6 Å². The van der Waals surface area contributed by atoms with Crippen LogP contribution in [0.2, 0.25) is 0 Å². The van der Waals surface area contributed by atoms with Gasteiger partial charge in [-0.25, -0.2) is 4.98 Å². The van der Waals surface area contributed by atoms with E-state index >= 15 is 0 Å². The van der Waals surface area contributed by atoms with E-state index in [2.05, 4.69) is 48.4 Å². The molecule has 0 radical (unpaired) electrons. The molecule has 0 aliphatic carbocycles. The average molecular weight is 438 g/mol. The Hall–Kier alpha value is -3.03. The first-order valence-corrected chi connectivity index (χ1v) is 11.1. The molecular formula is C24H27N3O3S. The molecule has 6 nitrogen and oxygen atoms in total. The third-order valence-electron chi connectivity index (χ3n) is 5.34. The minimum Gasteiger partial charge on any atom is -0.480 e. The number of benzene rings is 2. The van der Waals surface area contributed by atoms with E-state index in [9.17, 15) is 9.59 Å². The van der Waals surface area contributed by atoms with Crippen molar-refractivity contribution in [2.45, 2.75) is 32.2 Å². The lowest BCUT2D eigenvalue weighted by molar-refractivity contribution is -0.138. The monoisotopic (exact) mass is 437 g/mol. The molecule has 0 spiro atoms. The van der Waals surface area contributed by atoms with Crippen molar-refractivity contribution in [3.63, 3.8) is 0 Å². The first-order chi connectivity index (χ1) is 14.8. The molecule has 1 amide bonds. The number of hydrogen-bond donors (Lipinski definition) is 3. The van der Waals surface area contributed by atoms with Crippen molar-refractivity contribution in [3.05, 3.63) is 76.1 Å². The second kappa shape index (κ2) is 10.3. The van der Waals surface area contributed by atoms with Gasteiger partial charge in [-0.05, 0) is 35.6 Å². The predicted molar refractivity (Wildman–Crippen MR) is 123 cm³/mol. The van der Waals surface area contributed by atoms with E-state index in [1.165, 1.54) is 5.56 Å². The molecule has 2 atom stereocenters. The van der Waals surface area contributed by atoms with Crippen LogP contribution in [-0.2, 0) is 11.2 Å². The Morgan fingerprint density at radius 1 is 1.10 bits per heavy atom. The van der Waals surface area contributed by atoms with Crippen LogP contribution in [0.15, 0.2) is 59.4 Å². The minimum atomic E-state index is -1.04. The number of nitrogens with zero attached hydrogens (tertiary/aromatic N) is 1. The molecule has 3 rings (SSSR count). The van der Waals surface area contributed by atoms with Crippen molar-refractivity contribution in [1.29, 1.82) is 0 Å². The second-order valence-electron chi connectivity index (χ2n) is 7.90. The molecular weight excluding hydrogens is 410 g/mol. The minimum absolute atomic E-state index is 0.154. The zero-order chi connectivity index (χ0) is 22.4. The van der Waals surface area contributed by atoms with Crippen LogP contribution < -0.4 is 11.1 Å². The van der Waals surface area contributed by atoms with Crippen LogP contribution in [0, 0.1) is 5.92 Å². The van der Waals surface area contributed by atoms with Crippen LogP contribution in [0.3, 0.4) is 0 Å². The molecule has 0 aliphatic heterocycles. The van der Waals surface area contributed by atoms with Crippen molar-refractivity contribution in [2.75, 3.05) is 6.54 Å². The Morgan fingerprint density at radius 3 is 2.32 bits per heavy atom. The number of thiazole rings is 1. The molecule has 0 fully saturated rings. The molecule has 7 heteroatoms. The summed E-state index contributed by atoms with van der Waals surface area (Å²) in [5.74, 6) is -0.661. The van der Waals surface area contributed by atoms with Gasteiger partial charge in [0.1, 0.15) is 6.04 Å². The van der Waals surface area contributed by atoms with Crippen LogP contribution in [0.1, 0.15) is 41.3 Å². The van der Waals surface area contributed by atoms with Crippen molar-refractivity contribution in [1.82, 2.24) is 10.3 Å². The quantitative estimate of drug-likeness (QED) is 0.470. The largest absolute Gasteiger partial charge is 0.480 e. The maximum Gasteiger partial charge on any atom is 0.320 e. The molecule has 2 aromatic carbocycles. The van der Waals surface area contributed by atoms with E-state index < -0.39 is 12.0 Å². The molecule has 0 aliphatic rings. The van der Waals surface area contributed by atoms with Crippen LogP contribution >= 0.6 is 11.3 Å². The average Bonchev–Trinajstić information content (AvgIpc) is 3.29. The SMILES string of the molecule is CC(C)[C@@H](CNC(=O)c1ccc(C[C@H](N)C(=O)O)cc1)c1ccc(-c2cscn2)cc1. The Morgan fingerprint density at radius 2 is 1.77 bits per heavy atom. The maximum absolute atomic E-state index is 12.6. The standard InChI is InChI=1S/C24H27N3O3S/c1-15(2)20(17-7-9-18(10-8-17)22-13-31-14-27-22)12-26-23(28)19-5-3-16(4-6-19)11-21(25)24(29)30/h3-10,13-15,20-21H,11-12,25H2,1-2H3,(H,26,28)(H,29,30)/t20-,21+/m1/s1. The number of carbonyl (C=O) groups excluding carboxylic acids is 1. The van der Waals surface area contributed by atoms with Gasteiger partial charge in [-0.1, -0.05) is 50.2 Å². The summed E-state index contributed by atoms with van der Waals surface area (Å²) in [6, 6.07) is 14.3. The number of rotatable bonds is 9. The molecule has 4 N–H and O–H groups in total. The molecule has 0 saturated carbocycles. The van der Waals surface area contributed by atoms with Crippen LogP contribution in [0.4, 0.5) is 0 Å². The lowest BCUT2D eigenvalue weighted by Crippen LogP contribution is -2.32. The Kier molecular flexibility index (Phi) is 7.55. The van der Waals surface area contributed by atoms with Gasteiger partial charge in [0.25, 0.3) is 5.91 Å². The lowest BCUT2D eigenvalue weighted by atomic mass is 9.87. The second-order valence-corrected chi connectivity index (χ2v) is 8.62. The van der Waals surface area contributed by atoms with Gasteiger partial charge in [-0.3, -0.25) is 9.59 Å². The summed E-state index contributed by atoms with van der Waals surface area (Å²) in [6.07, 6.45) is 0.226. The maximum atomic E-state index is 12.6. The van der Waals surface area contributed by atoms with E-state index in [1.54, 1.807) is 35.6 Å². The van der Waals surface area contributed by atoms with E-state index in [0.29, 0.717) is 18.0 Å². The molecule has 0 saturated heterocycles. The predicted octanol–water partition coefficient (Wildman–Crippen LogP) is 3.93. The highest BCUT2D eigenvalue weighted by Crippen LogP contribution is 2.27. The summed E-state index contributed by atoms with van der Waals surface area (Å²) in [4.78, 5) is 27.8. The van der Waals surface area contributed by atoms with Gasteiger partial charge in [-0.15, -0.1) is 11.3 Å². The van der Waals surface area contributed by atoms with Gasteiger partial charge in [0.2, 0.25) is 0 Å². The topological polar surface area (TPSA) is 105 Å². The van der Waals surface area contributed by atoms with Crippen LogP contribution in [0.5, 0.6) is 0 Å². The number of aromatic nitrogens is 1. The van der Waals surface area contributed by atoms with Gasteiger partial charge in [0.15, 0.2) is 0 Å². The Balaban J connectivity index is 1.62. The molecule has 0 unspecified atom stereocenters. The molecule has 0 bridgehead atoms. The molecule has 1 aromatic heterocycles. The lowest BCUT2D eigenvalue weighted by Gasteiger charge is -2.22. The van der Waals surface area contributed by atoms with Gasteiger partial charge in [-0.2, -0.15) is 0 Å². The fourth-order valence-electron chi connectivity index (χ4n) is 3.43. The normalized spacial score (nSPS) is 13.0. The number of aliphatic carboxylic acids is 1. The van der Waals surface area contributed by atoms with E-state index in [0.717, 1.165) is 16.8 Å². The smallest absolute Gasteiger partial charge is 0.320 e. The highest BCUT2D eigenvalue weighted by Gasteiger charge is 2.18. The van der Waals surface area contributed by atoms with Crippen molar-refractivity contribution in [2.24, 2.45) is 11.7 Å².